The van der Waals surface area contributed by atoms with Crippen molar-refractivity contribution in [3.8, 4) is 0 Å². The zero-order valence-electron chi connectivity index (χ0n) is 10.2. The standard InChI is InChI=1S/C10H14N6OS/c1-3-4-7-8(14-11)12-5-13-9(7)18-10-16-15-6(2)17-10/h5H,3-4,11H2,1-2H3,(H,12,13,14). The fourth-order valence-electron chi connectivity index (χ4n) is 1.49. The molecule has 0 unspecified atom stereocenters. The van der Waals surface area contributed by atoms with Crippen molar-refractivity contribution >= 4 is 17.6 Å². The molecule has 0 saturated carbocycles. The van der Waals surface area contributed by atoms with Crippen LogP contribution in [-0.4, -0.2) is 20.2 Å². The van der Waals surface area contributed by atoms with E-state index in [2.05, 4.69) is 32.5 Å². The van der Waals surface area contributed by atoms with Crippen LogP contribution in [0.15, 0.2) is 21.0 Å². The minimum Gasteiger partial charge on any atom is -0.416 e. The number of hydrogen-bond acceptors (Lipinski definition) is 8. The molecule has 0 fully saturated rings. The lowest BCUT2D eigenvalue weighted by Crippen LogP contribution is -2.12. The van der Waals surface area contributed by atoms with Crippen molar-refractivity contribution in [1.29, 1.82) is 0 Å². The third kappa shape index (κ3) is 2.77. The van der Waals surface area contributed by atoms with Crippen LogP contribution in [0.5, 0.6) is 0 Å². The fraction of sp³-hybridized carbons (Fsp3) is 0.400. The number of aryl methyl sites for hydroxylation is 1. The van der Waals surface area contributed by atoms with Gasteiger partial charge in [-0.15, -0.1) is 10.2 Å². The first-order valence-electron chi connectivity index (χ1n) is 5.53. The molecule has 2 aromatic rings. The second kappa shape index (κ2) is 5.78. The number of anilines is 1. The summed E-state index contributed by atoms with van der Waals surface area (Å²) in [7, 11) is 0. The molecule has 3 N–H and O–H groups in total. The van der Waals surface area contributed by atoms with Gasteiger partial charge in [-0.3, -0.25) is 0 Å². The molecule has 0 saturated heterocycles. The second-order valence-electron chi connectivity index (χ2n) is 3.59. The Labute approximate surface area is 109 Å². The molecule has 8 heteroatoms. The Bertz CT molecular complexity index is 529. The van der Waals surface area contributed by atoms with Gasteiger partial charge >= 0.3 is 0 Å². The van der Waals surface area contributed by atoms with Gasteiger partial charge in [-0.05, 0) is 18.2 Å². The van der Waals surface area contributed by atoms with Crippen LogP contribution < -0.4 is 11.3 Å². The van der Waals surface area contributed by atoms with Crippen LogP contribution in [0.4, 0.5) is 5.82 Å². The lowest BCUT2D eigenvalue weighted by Gasteiger charge is -2.09. The zero-order valence-corrected chi connectivity index (χ0v) is 11.0. The number of nitrogens with one attached hydrogen (secondary N) is 1. The first-order valence-corrected chi connectivity index (χ1v) is 6.34. The Hall–Kier alpha value is -1.67. The second-order valence-corrected chi connectivity index (χ2v) is 4.53. The first kappa shape index (κ1) is 12.8. The average Bonchev–Trinajstić information content (AvgIpc) is 2.77. The molecule has 96 valence electrons. The number of hydrazine groups is 1. The predicted octanol–water partition coefficient (Wildman–Crippen LogP) is 1.56. The van der Waals surface area contributed by atoms with Crippen molar-refractivity contribution in [3.63, 3.8) is 0 Å². The van der Waals surface area contributed by atoms with E-state index in [1.807, 2.05) is 0 Å². The van der Waals surface area contributed by atoms with E-state index in [4.69, 9.17) is 10.3 Å². The molecular formula is C10H14N6OS. The minimum atomic E-state index is 0.464. The highest BCUT2D eigenvalue weighted by molar-refractivity contribution is 7.99. The van der Waals surface area contributed by atoms with Crippen molar-refractivity contribution in [2.45, 2.75) is 36.9 Å². The summed E-state index contributed by atoms with van der Waals surface area (Å²) in [5.74, 6) is 6.61. The molecule has 0 aromatic carbocycles. The van der Waals surface area contributed by atoms with Gasteiger partial charge in [0.05, 0.1) is 0 Å². The quantitative estimate of drug-likeness (QED) is 0.477. The minimum absolute atomic E-state index is 0.464. The van der Waals surface area contributed by atoms with Gasteiger partial charge < -0.3 is 9.84 Å². The zero-order chi connectivity index (χ0) is 13.0. The van der Waals surface area contributed by atoms with Crippen molar-refractivity contribution in [1.82, 2.24) is 20.2 Å². The van der Waals surface area contributed by atoms with Gasteiger partial charge in [0, 0.05) is 12.5 Å². The summed E-state index contributed by atoms with van der Waals surface area (Å²) in [6.07, 6.45) is 3.26. The van der Waals surface area contributed by atoms with Crippen LogP contribution in [0.2, 0.25) is 0 Å². The molecule has 2 heterocycles. The topological polar surface area (TPSA) is 103 Å². The highest BCUT2D eigenvalue weighted by atomic mass is 32.2. The summed E-state index contributed by atoms with van der Waals surface area (Å²) in [4.78, 5) is 8.34. The van der Waals surface area contributed by atoms with Crippen LogP contribution >= 0.6 is 11.8 Å². The van der Waals surface area contributed by atoms with Crippen molar-refractivity contribution in [3.05, 3.63) is 17.8 Å². The fourth-order valence-corrected chi connectivity index (χ4v) is 2.32. The average molecular weight is 266 g/mol. The van der Waals surface area contributed by atoms with E-state index >= 15 is 0 Å². The molecule has 0 spiro atoms. The molecular weight excluding hydrogens is 252 g/mol. The number of hydrogen-bond donors (Lipinski definition) is 2. The smallest absolute Gasteiger partial charge is 0.282 e. The summed E-state index contributed by atoms with van der Waals surface area (Å²) < 4.78 is 5.32. The van der Waals surface area contributed by atoms with Gasteiger partial charge in [0.2, 0.25) is 5.89 Å². The van der Waals surface area contributed by atoms with Crippen LogP contribution in [0.1, 0.15) is 24.8 Å². The van der Waals surface area contributed by atoms with Gasteiger partial charge in [0.1, 0.15) is 17.2 Å². The lowest BCUT2D eigenvalue weighted by molar-refractivity contribution is 0.429. The van der Waals surface area contributed by atoms with Crippen molar-refractivity contribution in [2.24, 2.45) is 5.84 Å². The third-order valence-corrected chi connectivity index (χ3v) is 3.12. The highest BCUT2D eigenvalue weighted by Crippen LogP contribution is 2.30. The van der Waals surface area contributed by atoms with Crippen molar-refractivity contribution < 1.29 is 4.42 Å². The lowest BCUT2D eigenvalue weighted by atomic mass is 10.2. The summed E-state index contributed by atoms with van der Waals surface area (Å²) in [5, 5.41) is 8.96. The largest absolute Gasteiger partial charge is 0.416 e. The predicted molar refractivity (Wildman–Crippen MR) is 67.0 cm³/mol. The monoisotopic (exact) mass is 266 g/mol. The molecule has 7 nitrogen and oxygen atoms in total. The van der Waals surface area contributed by atoms with E-state index in [9.17, 15) is 0 Å². The van der Waals surface area contributed by atoms with E-state index in [-0.39, 0.29) is 0 Å². The summed E-state index contributed by atoms with van der Waals surface area (Å²) >= 11 is 1.32. The number of aromatic nitrogens is 4. The summed E-state index contributed by atoms with van der Waals surface area (Å²) in [5.41, 5.74) is 3.54. The SMILES string of the molecule is CCCc1c(NN)ncnc1Sc1nnc(C)o1. The maximum Gasteiger partial charge on any atom is 0.282 e. The van der Waals surface area contributed by atoms with Crippen LogP contribution in [0.25, 0.3) is 0 Å². The van der Waals surface area contributed by atoms with Gasteiger partial charge in [0.25, 0.3) is 5.22 Å². The normalized spacial score (nSPS) is 10.6. The number of nitrogens with zero attached hydrogens (tertiary/aromatic N) is 4. The van der Waals surface area contributed by atoms with Gasteiger partial charge in [-0.2, -0.15) is 0 Å². The molecule has 2 aromatic heterocycles. The Morgan fingerprint density at radius 3 is 2.83 bits per heavy atom. The number of nitrogen functional groups attached to an aromatic ring is 1. The van der Waals surface area contributed by atoms with Gasteiger partial charge in [-0.25, -0.2) is 15.8 Å². The van der Waals surface area contributed by atoms with Crippen molar-refractivity contribution in [2.75, 3.05) is 5.43 Å². The Balaban J connectivity index is 2.31. The molecule has 0 atom stereocenters. The summed E-state index contributed by atoms with van der Waals surface area (Å²) in [6, 6.07) is 0. The maximum atomic E-state index is 5.45. The van der Waals surface area contributed by atoms with Crippen LogP contribution in [0, 0.1) is 6.92 Å². The van der Waals surface area contributed by atoms with E-state index in [1.165, 1.54) is 18.1 Å². The van der Waals surface area contributed by atoms with E-state index < -0.39 is 0 Å². The molecule has 0 aliphatic rings. The van der Waals surface area contributed by atoms with Gasteiger partial charge in [0.15, 0.2) is 0 Å². The molecule has 2 rings (SSSR count). The van der Waals surface area contributed by atoms with Gasteiger partial charge in [-0.1, -0.05) is 13.3 Å². The van der Waals surface area contributed by atoms with E-state index in [0.29, 0.717) is 16.9 Å². The van der Waals surface area contributed by atoms with Crippen LogP contribution in [0.3, 0.4) is 0 Å². The third-order valence-electron chi connectivity index (χ3n) is 2.23. The highest BCUT2D eigenvalue weighted by Gasteiger charge is 2.14. The first-order chi connectivity index (χ1) is 8.74. The Morgan fingerprint density at radius 1 is 1.39 bits per heavy atom. The molecule has 0 amide bonds. The number of rotatable bonds is 5. The maximum absolute atomic E-state index is 5.45. The number of nitrogens with two attached hydrogens (primary N) is 1. The van der Waals surface area contributed by atoms with E-state index in [0.717, 1.165) is 23.4 Å². The molecule has 0 aliphatic carbocycles. The molecule has 0 aliphatic heterocycles. The van der Waals surface area contributed by atoms with Crippen LogP contribution in [-0.2, 0) is 6.42 Å². The Morgan fingerprint density at radius 2 is 2.22 bits per heavy atom. The van der Waals surface area contributed by atoms with E-state index in [1.54, 1.807) is 6.92 Å². The Kier molecular flexibility index (Phi) is 4.11. The summed E-state index contributed by atoms with van der Waals surface area (Å²) in [6.45, 7) is 3.83. The molecule has 0 radical (unpaired) electrons. The molecule has 0 bridgehead atoms. The molecule has 18 heavy (non-hydrogen) atoms.